The molecule has 4 N–H and O–H groups in total. The number of H-pyrrole nitrogens is 1. The van der Waals surface area contributed by atoms with Crippen molar-refractivity contribution >= 4 is 17.3 Å². The Balaban J connectivity index is 2.11. The van der Waals surface area contributed by atoms with Crippen molar-refractivity contribution < 1.29 is 4.79 Å². The van der Waals surface area contributed by atoms with Crippen LogP contribution in [0.4, 0.5) is 11.4 Å². The van der Waals surface area contributed by atoms with Crippen LogP contribution in [-0.4, -0.2) is 16.1 Å². The van der Waals surface area contributed by atoms with Gasteiger partial charge in [0.1, 0.15) is 0 Å². The summed E-state index contributed by atoms with van der Waals surface area (Å²) in [6.07, 6.45) is 1.04. The summed E-state index contributed by atoms with van der Waals surface area (Å²) in [6, 6.07) is 9.15. The van der Waals surface area contributed by atoms with Gasteiger partial charge in [0, 0.05) is 5.69 Å². The van der Waals surface area contributed by atoms with Crippen LogP contribution in [0, 0.1) is 11.3 Å². The molecular formula is C14H15N5O. The van der Waals surface area contributed by atoms with E-state index in [2.05, 4.69) is 21.6 Å². The van der Waals surface area contributed by atoms with E-state index in [1.54, 1.807) is 24.3 Å². The lowest BCUT2D eigenvalue weighted by atomic mass is 10.1. The monoisotopic (exact) mass is 269 g/mol. The highest BCUT2D eigenvalue weighted by Crippen LogP contribution is 2.17. The Hall–Kier alpha value is -2.81. The van der Waals surface area contributed by atoms with E-state index in [9.17, 15) is 4.79 Å². The van der Waals surface area contributed by atoms with Crippen LogP contribution in [0.5, 0.6) is 0 Å². The maximum absolute atomic E-state index is 12.0. The zero-order valence-electron chi connectivity index (χ0n) is 11.1. The number of aryl methyl sites for hydroxylation is 1. The van der Waals surface area contributed by atoms with Gasteiger partial charge in [-0.05, 0) is 24.1 Å². The van der Waals surface area contributed by atoms with E-state index in [-0.39, 0.29) is 11.6 Å². The van der Waals surface area contributed by atoms with E-state index in [0.717, 1.165) is 11.3 Å². The number of nitrogens with two attached hydrogens (primary N) is 1. The third kappa shape index (κ3) is 2.78. The molecule has 1 aromatic carbocycles. The fourth-order valence-corrected chi connectivity index (χ4v) is 1.82. The van der Waals surface area contributed by atoms with Crippen LogP contribution in [0.15, 0.2) is 24.3 Å². The number of carbonyl (C=O) groups is 1. The van der Waals surface area contributed by atoms with Gasteiger partial charge in [0.2, 0.25) is 0 Å². The quantitative estimate of drug-likeness (QED) is 0.787. The van der Waals surface area contributed by atoms with E-state index in [1.807, 2.05) is 6.92 Å². The maximum Gasteiger partial charge on any atom is 0.278 e. The van der Waals surface area contributed by atoms with Gasteiger partial charge in [-0.25, -0.2) is 0 Å². The number of nitrogen functional groups attached to an aromatic ring is 1. The van der Waals surface area contributed by atoms with Crippen LogP contribution in [0.1, 0.15) is 28.7 Å². The van der Waals surface area contributed by atoms with Crippen molar-refractivity contribution in [1.29, 1.82) is 5.26 Å². The summed E-state index contributed by atoms with van der Waals surface area (Å²) < 4.78 is 0. The van der Waals surface area contributed by atoms with Crippen molar-refractivity contribution in [2.75, 3.05) is 11.1 Å². The highest BCUT2D eigenvalue weighted by atomic mass is 16.2. The highest BCUT2D eigenvalue weighted by molar-refractivity contribution is 6.06. The first-order valence-corrected chi connectivity index (χ1v) is 6.25. The number of hydrogen-bond donors (Lipinski definition) is 3. The normalized spacial score (nSPS) is 10.0. The largest absolute Gasteiger partial charge is 0.395 e. The van der Waals surface area contributed by atoms with Gasteiger partial charge in [0.05, 0.1) is 23.9 Å². The topological polar surface area (TPSA) is 108 Å². The molecule has 102 valence electrons. The first kappa shape index (κ1) is 13.6. The Morgan fingerprint density at radius 2 is 2.15 bits per heavy atom. The summed E-state index contributed by atoms with van der Waals surface area (Å²) in [5, 5.41) is 18.0. The summed E-state index contributed by atoms with van der Waals surface area (Å²) in [5.41, 5.74) is 8.71. The molecule has 1 aromatic heterocycles. The number of aromatic nitrogens is 2. The lowest BCUT2D eigenvalue weighted by molar-refractivity contribution is 0.102. The number of anilines is 2. The number of aromatic amines is 1. The van der Waals surface area contributed by atoms with Crippen LogP contribution in [-0.2, 0) is 12.8 Å². The molecule has 0 spiro atoms. The molecule has 0 fully saturated rings. The molecule has 0 saturated carbocycles. The maximum atomic E-state index is 12.0. The Morgan fingerprint density at radius 3 is 2.70 bits per heavy atom. The molecule has 6 nitrogen and oxygen atoms in total. The van der Waals surface area contributed by atoms with E-state index >= 15 is 0 Å². The standard InChI is InChI=1S/C14H15N5O/c1-2-11-12(16)13(19-18-11)14(20)17-10-5-3-9(4-6-10)7-8-15/h3-6H,2,7,16H2,1H3,(H,17,20)(H,18,19). The second-order valence-corrected chi connectivity index (χ2v) is 4.30. The highest BCUT2D eigenvalue weighted by Gasteiger charge is 2.16. The van der Waals surface area contributed by atoms with Gasteiger partial charge in [0.25, 0.3) is 5.91 Å². The molecule has 0 radical (unpaired) electrons. The third-order valence-electron chi connectivity index (χ3n) is 2.95. The molecular weight excluding hydrogens is 254 g/mol. The predicted molar refractivity (Wildman–Crippen MR) is 76.1 cm³/mol. The third-order valence-corrected chi connectivity index (χ3v) is 2.95. The number of hydrogen-bond acceptors (Lipinski definition) is 4. The van der Waals surface area contributed by atoms with Gasteiger partial charge in [-0.15, -0.1) is 0 Å². The van der Waals surface area contributed by atoms with Crippen molar-refractivity contribution in [3.05, 3.63) is 41.2 Å². The molecule has 0 bridgehead atoms. The second kappa shape index (κ2) is 5.89. The van der Waals surface area contributed by atoms with Crippen molar-refractivity contribution in [3.63, 3.8) is 0 Å². The first-order valence-electron chi connectivity index (χ1n) is 6.25. The molecule has 1 heterocycles. The zero-order chi connectivity index (χ0) is 14.5. The van der Waals surface area contributed by atoms with Gasteiger partial charge in [-0.3, -0.25) is 9.89 Å². The molecule has 0 atom stereocenters. The number of rotatable bonds is 4. The van der Waals surface area contributed by atoms with E-state index in [0.29, 0.717) is 24.2 Å². The van der Waals surface area contributed by atoms with Crippen molar-refractivity contribution in [3.8, 4) is 6.07 Å². The minimum absolute atomic E-state index is 0.197. The zero-order valence-corrected chi connectivity index (χ0v) is 11.1. The molecule has 0 unspecified atom stereocenters. The van der Waals surface area contributed by atoms with Gasteiger partial charge < -0.3 is 11.1 Å². The first-order chi connectivity index (χ1) is 9.65. The molecule has 2 rings (SSSR count). The minimum atomic E-state index is -0.355. The van der Waals surface area contributed by atoms with Crippen molar-refractivity contribution in [2.45, 2.75) is 19.8 Å². The second-order valence-electron chi connectivity index (χ2n) is 4.30. The Morgan fingerprint density at radius 1 is 1.45 bits per heavy atom. The summed E-state index contributed by atoms with van der Waals surface area (Å²) in [7, 11) is 0. The van der Waals surface area contributed by atoms with Gasteiger partial charge in [-0.1, -0.05) is 19.1 Å². The van der Waals surface area contributed by atoms with Crippen LogP contribution in [0.2, 0.25) is 0 Å². The SMILES string of the molecule is CCc1[nH]nc(C(=O)Nc2ccc(CC#N)cc2)c1N. The van der Waals surface area contributed by atoms with Crippen molar-refractivity contribution in [2.24, 2.45) is 0 Å². The van der Waals surface area contributed by atoms with E-state index < -0.39 is 0 Å². The number of nitrogens with zero attached hydrogens (tertiary/aromatic N) is 2. The van der Waals surface area contributed by atoms with Crippen LogP contribution in [0.25, 0.3) is 0 Å². The lowest BCUT2D eigenvalue weighted by Crippen LogP contribution is -2.14. The van der Waals surface area contributed by atoms with Crippen molar-refractivity contribution in [1.82, 2.24) is 10.2 Å². The van der Waals surface area contributed by atoms with Crippen LogP contribution < -0.4 is 11.1 Å². The molecule has 0 saturated heterocycles. The number of nitrogens with one attached hydrogen (secondary N) is 2. The number of amides is 1. The van der Waals surface area contributed by atoms with E-state index in [1.165, 1.54) is 0 Å². The smallest absolute Gasteiger partial charge is 0.278 e. The molecule has 2 aromatic rings. The molecule has 0 aliphatic heterocycles. The predicted octanol–water partition coefficient (Wildman–Crippen LogP) is 1.87. The molecule has 6 heteroatoms. The Bertz CT molecular complexity index is 651. The molecule has 0 aliphatic rings. The summed E-state index contributed by atoms with van der Waals surface area (Å²) in [6.45, 7) is 1.93. The Labute approximate surface area is 116 Å². The number of benzene rings is 1. The fourth-order valence-electron chi connectivity index (χ4n) is 1.82. The number of nitriles is 1. The molecule has 0 aliphatic carbocycles. The summed E-state index contributed by atoms with van der Waals surface area (Å²) in [4.78, 5) is 12.0. The summed E-state index contributed by atoms with van der Waals surface area (Å²) >= 11 is 0. The number of carbonyl (C=O) groups excluding carboxylic acids is 1. The van der Waals surface area contributed by atoms with Crippen LogP contribution >= 0.6 is 0 Å². The van der Waals surface area contributed by atoms with Gasteiger partial charge >= 0.3 is 0 Å². The van der Waals surface area contributed by atoms with Gasteiger partial charge in [0.15, 0.2) is 5.69 Å². The van der Waals surface area contributed by atoms with Gasteiger partial charge in [-0.2, -0.15) is 10.4 Å². The fraction of sp³-hybridized carbons (Fsp3) is 0.214. The lowest BCUT2D eigenvalue weighted by Gasteiger charge is -2.04. The average Bonchev–Trinajstić information content (AvgIpc) is 2.82. The van der Waals surface area contributed by atoms with Crippen LogP contribution in [0.3, 0.4) is 0 Å². The van der Waals surface area contributed by atoms with E-state index in [4.69, 9.17) is 11.0 Å². The minimum Gasteiger partial charge on any atom is -0.395 e. The average molecular weight is 269 g/mol. The molecule has 20 heavy (non-hydrogen) atoms. The molecule has 1 amide bonds. The summed E-state index contributed by atoms with van der Waals surface area (Å²) in [5.74, 6) is -0.355. The Kier molecular flexibility index (Phi) is 4.01.